The molecular formula is C24H28N4O6. The Morgan fingerprint density at radius 3 is 2.85 bits per heavy atom. The van der Waals surface area contributed by atoms with Crippen LogP contribution in [0.25, 0.3) is 0 Å². The first-order valence-corrected chi connectivity index (χ1v) is 11.1. The summed E-state index contributed by atoms with van der Waals surface area (Å²) < 4.78 is 5.42. The van der Waals surface area contributed by atoms with E-state index in [1.807, 2.05) is 17.9 Å². The van der Waals surface area contributed by atoms with E-state index in [2.05, 4.69) is 15.6 Å². The number of fused-ring (bicyclic) bond motifs is 1. The number of ether oxygens (including phenoxy) is 1. The number of pyridine rings is 1. The van der Waals surface area contributed by atoms with Gasteiger partial charge in [0, 0.05) is 37.6 Å². The highest BCUT2D eigenvalue weighted by Gasteiger charge is 2.28. The van der Waals surface area contributed by atoms with Crippen LogP contribution in [0.3, 0.4) is 0 Å². The molecule has 2 aromatic rings. The molecule has 10 heteroatoms. The summed E-state index contributed by atoms with van der Waals surface area (Å²) in [6.07, 6.45) is 5.92. The molecule has 0 radical (unpaired) electrons. The lowest BCUT2D eigenvalue weighted by Gasteiger charge is -2.20. The molecule has 1 aromatic heterocycles. The van der Waals surface area contributed by atoms with Crippen LogP contribution in [0.15, 0.2) is 36.7 Å². The first-order chi connectivity index (χ1) is 16.4. The summed E-state index contributed by atoms with van der Waals surface area (Å²) in [5.41, 5.74) is 2.70. The monoisotopic (exact) mass is 468 g/mol. The molecule has 3 N–H and O–H groups in total. The number of nitrogens with one attached hydrogen (secondary N) is 2. The van der Waals surface area contributed by atoms with Crippen LogP contribution in [0.1, 0.15) is 46.0 Å². The van der Waals surface area contributed by atoms with E-state index in [0.29, 0.717) is 48.1 Å². The molecule has 0 saturated carbocycles. The number of carbonyl (C=O) groups is 4. The molecule has 1 fully saturated rings. The van der Waals surface area contributed by atoms with Crippen molar-refractivity contribution >= 4 is 29.9 Å². The van der Waals surface area contributed by atoms with E-state index in [1.54, 1.807) is 30.6 Å². The number of likely N-dealkylation sites (tertiary alicyclic amines) is 1. The van der Waals surface area contributed by atoms with Gasteiger partial charge < -0.3 is 25.4 Å². The lowest BCUT2D eigenvalue weighted by Crippen LogP contribution is -2.30. The predicted molar refractivity (Wildman–Crippen MR) is 124 cm³/mol. The van der Waals surface area contributed by atoms with Gasteiger partial charge in [-0.05, 0) is 55.0 Å². The van der Waals surface area contributed by atoms with Crippen LogP contribution in [0.5, 0.6) is 5.75 Å². The number of carbonyl (C=O) groups excluding carboxylic acids is 3. The molecule has 1 aromatic carbocycles. The third kappa shape index (κ3) is 6.31. The van der Waals surface area contributed by atoms with E-state index in [9.17, 15) is 14.4 Å². The van der Waals surface area contributed by atoms with Crippen molar-refractivity contribution in [3.8, 4) is 5.75 Å². The van der Waals surface area contributed by atoms with Gasteiger partial charge in [-0.25, -0.2) is 0 Å². The largest absolute Gasteiger partial charge is 0.483 e. The summed E-state index contributed by atoms with van der Waals surface area (Å²) in [6.45, 7) is 3.70. The SMILES string of the molecule is CCCNC(=O)c1cncc(CC2CCN(C(=O)c3ccc4c(c3)OCC(=O)N4)C2)c1.O=CO. The van der Waals surface area contributed by atoms with Crippen LogP contribution in [0.2, 0.25) is 0 Å². The number of rotatable bonds is 6. The van der Waals surface area contributed by atoms with Crippen molar-refractivity contribution < 1.29 is 29.0 Å². The molecule has 10 nitrogen and oxygen atoms in total. The third-order valence-corrected chi connectivity index (χ3v) is 5.55. The lowest BCUT2D eigenvalue weighted by atomic mass is 9.99. The van der Waals surface area contributed by atoms with Crippen molar-refractivity contribution in [3.05, 3.63) is 53.3 Å². The highest BCUT2D eigenvalue weighted by molar-refractivity contribution is 5.99. The second-order valence-electron chi connectivity index (χ2n) is 8.10. The van der Waals surface area contributed by atoms with Gasteiger partial charge in [-0.1, -0.05) is 6.92 Å². The molecule has 2 aliphatic rings. The molecule has 1 saturated heterocycles. The normalized spacial score (nSPS) is 16.3. The molecule has 34 heavy (non-hydrogen) atoms. The van der Waals surface area contributed by atoms with Crippen molar-refractivity contribution in [1.29, 1.82) is 0 Å². The third-order valence-electron chi connectivity index (χ3n) is 5.55. The number of amides is 3. The van der Waals surface area contributed by atoms with E-state index in [0.717, 1.165) is 24.8 Å². The molecule has 1 unspecified atom stereocenters. The van der Waals surface area contributed by atoms with Gasteiger partial charge >= 0.3 is 0 Å². The smallest absolute Gasteiger partial charge is 0.290 e. The Morgan fingerprint density at radius 1 is 1.29 bits per heavy atom. The van der Waals surface area contributed by atoms with Crippen molar-refractivity contribution in [2.75, 3.05) is 31.6 Å². The van der Waals surface area contributed by atoms with Crippen molar-refractivity contribution in [1.82, 2.24) is 15.2 Å². The number of nitrogens with zero attached hydrogens (tertiary/aromatic N) is 2. The second kappa shape index (κ2) is 11.8. The van der Waals surface area contributed by atoms with Gasteiger partial charge in [-0.3, -0.25) is 24.2 Å². The number of anilines is 1. The highest BCUT2D eigenvalue weighted by Crippen LogP contribution is 2.30. The molecule has 0 spiro atoms. The fourth-order valence-corrected chi connectivity index (χ4v) is 3.97. The molecule has 180 valence electrons. The van der Waals surface area contributed by atoms with Crippen LogP contribution in [-0.4, -0.2) is 65.4 Å². The fourth-order valence-electron chi connectivity index (χ4n) is 3.97. The van der Waals surface area contributed by atoms with Gasteiger partial charge in [0.2, 0.25) is 0 Å². The Hall–Kier alpha value is -3.95. The van der Waals surface area contributed by atoms with Crippen molar-refractivity contribution in [3.63, 3.8) is 0 Å². The number of hydrogen-bond acceptors (Lipinski definition) is 6. The Balaban J connectivity index is 0.00000103. The highest BCUT2D eigenvalue weighted by atomic mass is 16.5. The van der Waals surface area contributed by atoms with E-state index < -0.39 is 0 Å². The molecule has 0 aliphatic carbocycles. The first kappa shape index (κ1) is 24.7. The maximum Gasteiger partial charge on any atom is 0.290 e. The minimum absolute atomic E-state index is 0.0417. The number of hydrogen-bond donors (Lipinski definition) is 3. The zero-order valence-corrected chi connectivity index (χ0v) is 19.0. The second-order valence-corrected chi connectivity index (χ2v) is 8.10. The van der Waals surface area contributed by atoms with E-state index in [1.165, 1.54) is 0 Å². The van der Waals surface area contributed by atoms with Gasteiger partial charge in [-0.2, -0.15) is 0 Å². The van der Waals surface area contributed by atoms with Gasteiger partial charge in [-0.15, -0.1) is 0 Å². The minimum atomic E-state index is -0.250. The molecule has 4 rings (SSSR count). The van der Waals surface area contributed by atoms with Crippen LogP contribution in [0.4, 0.5) is 5.69 Å². The van der Waals surface area contributed by atoms with Gasteiger partial charge in [0.25, 0.3) is 24.2 Å². The topological polar surface area (TPSA) is 138 Å². The van der Waals surface area contributed by atoms with Crippen LogP contribution in [-0.2, 0) is 16.0 Å². The molecule has 0 bridgehead atoms. The zero-order chi connectivity index (χ0) is 24.5. The molecule has 1 atom stereocenters. The van der Waals surface area contributed by atoms with Crippen molar-refractivity contribution in [2.45, 2.75) is 26.2 Å². The first-order valence-electron chi connectivity index (χ1n) is 11.1. The van der Waals surface area contributed by atoms with Gasteiger partial charge in [0.15, 0.2) is 6.61 Å². The van der Waals surface area contributed by atoms with Crippen LogP contribution in [0, 0.1) is 5.92 Å². The van der Waals surface area contributed by atoms with E-state index in [-0.39, 0.29) is 30.8 Å². The van der Waals surface area contributed by atoms with E-state index in [4.69, 9.17) is 14.6 Å². The van der Waals surface area contributed by atoms with Gasteiger partial charge in [0.1, 0.15) is 5.75 Å². The van der Waals surface area contributed by atoms with Crippen molar-refractivity contribution in [2.24, 2.45) is 5.92 Å². The Kier molecular flexibility index (Phi) is 8.55. The summed E-state index contributed by atoms with van der Waals surface area (Å²) in [4.78, 5) is 51.0. The summed E-state index contributed by atoms with van der Waals surface area (Å²) >= 11 is 0. The fraction of sp³-hybridized carbons (Fsp3) is 0.375. The van der Waals surface area contributed by atoms with Crippen LogP contribution >= 0.6 is 0 Å². The van der Waals surface area contributed by atoms with E-state index >= 15 is 0 Å². The summed E-state index contributed by atoms with van der Waals surface area (Å²) in [5.74, 6) is 0.482. The summed E-state index contributed by atoms with van der Waals surface area (Å²) in [7, 11) is 0. The predicted octanol–water partition coefficient (Wildman–Crippen LogP) is 1.96. The quantitative estimate of drug-likeness (QED) is 0.551. The number of benzene rings is 1. The minimum Gasteiger partial charge on any atom is -0.483 e. The summed E-state index contributed by atoms with van der Waals surface area (Å²) in [6, 6.07) is 6.99. The average Bonchev–Trinajstić information content (AvgIpc) is 3.30. The van der Waals surface area contributed by atoms with Crippen LogP contribution < -0.4 is 15.4 Å². The standard InChI is InChI=1S/C23H26N4O4.CH2O2/c1-2-6-25-22(29)18-9-16(11-24-12-18)8-15-5-7-27(13-15)23(30)17-3-4-19-20(10-17)31-14-21(28)26-19;2-1-3/h3-4,9-12,15H,2,5-8,13-14H2,1H3,(H,25,29)(H,26,28);1H,(H,2,3). The number of carboxylic acid groups (broad SMARTS) is 1. The maximum atomic E-state index is 13.0. The molecule has 3 amide bonds. The molecule has 3 heterocycles. The number of aromatic nitrogens is 1. The molecular weight excluding hydrogens is 440 g/mol. The average molecular weight is 469 g/mol. The Bertz CT molecular complexity index is 1060. The maximum absolute atomic E-state index is 13.0. The zero-order valence-electron chi connectivity index (χ0n) is 19.0. The summed E-state index contributed by atoms with van der Waals surface area (Å²) in [5, 5.41) is 12.5. The van der Waals surface area contributed by atoms with Gasteiger partial charge in [0.05, 0.1) is 11.3 Å². The Morgan fingerprint density at radius 2 is 2.09 bits per heavy atom. The lowest BCUT2D eigenvalue weighted by molar-refractivity contribution is -0.123. The Labute approximate surface area is 197 Å². The molecule has 2 aliphatic heterocycles.